The lowest BCUT2D eigenvalue weighted by atomic mass is 10.0. The molecule has 1 saturated heterocycles. The first-order chi connectivity index (χ1) is 16.3. The lowest BCUT2D eigenvalue weighted by molar-refractivity contribution is -0.153. The number of likely N-dealkylation sites (tertiary alicyclic amines) is 1. The van der Waals surface area contributed by atoms with Gasteiger partial charge >= 0.3 is 0 Å². The molecule has 0 aliphatic carbocycles. The third kappa shape index (κ3) is 5.63. The maximum Gasteiger partial charge on any atom is 0.255 e. The lowest BCUT2D eigenvalue weighted by Crippen LogP contribution is -2.50. The van der Waals surface area contributed by atoms with Gasteiger partial charge in [0.25, 0.3) is 11.8 Å². The molecule has 1 fully saturated rings. The van der Waals surface area contributed by atoms with Crippen LogP contribution in [0.3, 0.4) is 0 Å². The van der Waals surface area contributed by atoms with Crippen LogP contribution in [0.2, 0.25) is 5.02 Å². The van der Waals surface area contributed by atoms with Gasteiger partial charge in [-0.15, -0.1) is 11.8 Å². The summed E-state index contributed by atoms with van der Waals surface area (Å²) in [5.74, 6) is -0.491. The minimum absolute atomic E-state index is 0.169. The Labute approximate surface area is 208 Å². The highest BCUT2D eigenvalue weighted by Crippen LogP contribution is 2.33. The third-order valence-electron chi connectivity index (χ3n) is 6.06. The highest BCUT2D eigenvalue weighted by molar-refractivity contribution is 8.14. The number of aliphatic hydroxyl groups excluding tert-OH is 2. The van der Waals surface area contributed by atoms with Crippen molar-refractivity contribution >= 4 is 40.2 Å². The molecule has 0 aromatic heterocycles. The van der Waals surface area contributed by atoms with E-state index in [0.29, 0.717) is 17.6 Å². The number of nitrogens with one attached hydrogen (secondary N) is 1. The van der Waals surface area contributed by atoms with E-state index in [0.717, 1.165) is 40.3 Å². The van der Waals surface area contributed by atoms with Gasteiger partial charge in [0.05, 0.1) is 17.1 Å². The Morgan fingerprint density at radius 1 is 1.21 bits per heavy atom. The number of thioether (sulfide) groups is 1. The molecule has 2 heterocycles. The number of aliphatic imine (C=N–C) groups is 1. The summed E-state index contributed by atoms with van der Waals surface area (Å²) < 4.78 is 0. The van der Waals surface area contributed by atoms with Crippen molar-refractivity contribution in [2.24, 2.45) is 4.99 Å². The van der Waals surface area contributed by atoms with Crippen molar-refractivity contribution in [3.05, 3.63) is 70.2 Å². The number of nitrogens with zero attached hydrogens (tertiary/aromatic N) is 2. The number of amides is 2. The first kappa shape index (κ1) is 24.7. The Morgan fingerprint density at radius 2 is 1.97 bits per heavy atom. The topological polar surface area (TPSA) is 102 Å². The van der Waals surface area contributed by atoms with Gasteiger partial charge < -0.3 is 20.4 Å². The van der Waals surface area contributed by atoms with Gasteiger partial charge in [-0.2, -0.15) is 0 Å². The van der Waals surface area contributed by atoms with Crippen LogP contribution in [-0.2, 0) is 16.1 Å². The van der Waals surface area contributed by atoms with Gasteiger partial charge in [-0.25, -0.2) is 0 Å². The van der Waals surface area contributed by atoms with Gasteiger partial charge in [-0.05, 0) is 43.0 Å². The zero-order chi connectivity index (χ0) is 24.2. The Balaban J connectivity index is 1.33. The maximum absolute atomic E-state index is 12.9. The highest BCUT2D eigenvalue weighted by atomic mass is 35.5. The molecule has 2 amide bonds. The second-order valence-electron chi connectivity index (χ2n) is 8.64. The molecule has 0 bridgehead atoms. The van der Waals surface area contributed by atoms with Gasteiger partial charge in [0.2, 0.25) is 0 Å². The summed E-state index contributed by atoms with van der Waals surface area (Å²) in [6.07, 6.45) is -2.22. The fraction of sp³-hybridized carbons (Fsp3) is 0.400. The van der Waals surface area contributed by atoms with E-state index >= 15 is 0 Å². The lowest BCUT2D eigenvalue weighted by Gasteiger charge is -2.28. The van der Waals surface area contributed by atoms with Crippen LogP contribution in [-0.4, -0.2) is 62.5 Å². The van der Waals surface area contributed by atoms with Gasteiger partial charge in [0.1, 0.15) is 0 Å². The molecule has 2 aliphatic rings. The fourth-order valence-electron chi connectivity index (χ4n) is 4.23. The number of benzene rings is 2. The molecule has 0 spiro atoms. The third-order valence-corrected chi connectivity index (χ3v) is 7.56. The minimum atomic E-state index is -1.86. The van der Waals surface area contributed by atoms with Crippen molar-refractivity contribution in [3.8, 4) is 0 Å². The summed E-state index contributed by atoms with van der Waals surface area (Å²) in [6, 6.07) is 15.0. The average Bonchev–Trinajstić information content (AvgIpc) is 3.51. The second kappa shape index (κ2) is 10.9. The largest absolute Gasteiger partial charge is 0.380 e. The van der Waals surface area contributed by atoms with Crippen LogP contribution < -0.4 is 5.32 Å². The molecule has 7 nitrogen and oxygen atoms in total. The standard InChI is InChI=1S/C25H28ClN3O4S/c1-15-14-34-24(28-15)17-9-7-16(8-10-17)13-27-23(32)21(30)22(31)25(33)29-11-3-6-20(29)18-4-2-5-19(26)12-18/h2,4-5,7-10,12,15,20-22,30-31H,3,6,11,13-14H2,1H3,(H,27,32)/t15?,20?,21-,22-/m1/s1. The first-order valence-electron chi connectivity index (χ1n) is 11.3. The smallest absolute Gasteiger partial charge is 0.255 e. The summed E-state index contributed by atoms with van der Waals surface area (Å²) >= 11 is 7.81. The molecule has 4 rings (SSSR count). The maximum atomic E-state index is 12.9. The number of hydrogen-bond acceptors (Lipinski definition) is 6. The van der Waals surface area contributed by atoms with Gasteiger partial charge in [-0.1, -0.05) is 48.0 Å². The van der Waals surface area contributed by atoms with E-state index in [9.17, 15) is 19.8 Å². The molecule has 180 valence electrons. The van der Waals surface area contributed by atoms with Crippen molar-refractivity contribution in [1.82, 2.24) is 10.2 Å². The van der Waals surface area contributed by atoms with E-state index in [-0.39, 0.29) is 12.6 Å². The molecule has 0 saturated carbocycles. The summed E-state index contributed by atoms with van der Waals surface area (Å²) in [6.45, 7) is 2.69. The van der Waals surface area contributed by atoms with E-state index in [1.54, 1.807) is 23.9 Å². The molecule has 4 atom stereocenters. The monoisotopic (exact) mass is 501 g/mol. The van der Waals surface area contributed by atoms with E-state index in [1.807, 2.05) is 36.4 Å². The summed E-state index contributed by atoms with van der Waals surface area (Å²) in [4.78, 5) is 31.5. The van der Waals surface area contributed by atoms with Crippen molar-refractivity contribution in [3.63, 3.8) is 0 Å². The second-order valence-corrected chi connectivity index (χ2v) is 10.1. The zero-order valence-electron chi connectivity index (χ0n) is 18.9. The zero-order valence-corrected chi connectivity index (χ0v) is 20.4. The SMILES string of the molecule is CC1CSC(c2ccc(CNC(=O)[C@H](O)[C@@H](O)C(=O)N3CCCC3c3cccc(Cl)c3)cc2)=N1. The van der Waals surface area contributed by atoms with Crippen LogP contribution in [0.5, 0.6) is 0 Å². The number of rotatable bonds is 7. The molecule has 2 aromatic rings. The summed E-state index contributed by atoms with van der Waals surface area (Å²) in [5.41, 5.74) is 2.73. The first-order valence-corrected chi connectivity index (χ1v) is 12.7. The van der Waals surface area contributed by atoms with Crippen molar-refractivity contribution in [2.45, 2.75) is 50.6 Å². The van der Waals surface area contributed by atoms with Crippen LogP contribution in [0.25, 0.3) is 0 Å². The van der Waals surface area contributed by atoms with Crippen molar-refractivity contribution < 1.29 is 19.8 Å². The molecular formula is C25H28ClN3O4S. The molecule has 0 radical (unpaired) electrons. The number of halogens is 1. The normalized spacial score (nSPS) is 21.8. The molecule has 3 N–H and O–H groups in total. The van der Waals surface area contributed by atoms with Crippen LogP contribution >= 0.6 is 23.4 Å². The number of hydrogen-bond donors (Lipinski definition) is 3. The molecule has 34 heavy (non-hydrogen) atoms. The van der Waals surface area contributed by atoms with E-state index < -0.39 is 24.0 Å². The van der Waals surface area contributed by atoms with E-state index in [4.69, 9.17) is 11.6 Å². The number of carbonyl (C=O) groups excluding carboxylic acids is 2. The molecular weight excluding hydrogens is 474 g/mol. The van der Waals surface area contributed by atoms with Gasteiger partial charge in [0, 0.05) is 29.4 Å². The number of aliphatic hydroxyl groups is 2. The summed E-state index contributed by atoms with van der Waals surface area (Å²) in [5, 5.41) is 25.0. The molecule has 2 unspecified atom stereocenters. The molecule has 2 aliphatic heterocycles. The Kier molecular flexibility index (Phi) is 7.93. The highest BCUT2D eigenvalue weighted by Gasteiger charge is 2.38. The average molecular weight is 502 g/mol. The predicted molar refractivity (Wildman–Crippen MR) is 134 cm³/mol. The van der Waals surface area contributed by atoms with Crippen molar-refractivity contribution in [2.75, 3.05) is 12.3 Å². The predicted octanol–water partition coefficient (Wildman–Crippen LogP) is 2.92. The molecule has 9 heteroatoms. The van der Waals surface area contributed by atoms with Gasteiger partial charge in [0.15, 0.2) is 12.2 Å². The van der Waals surface area contributed by atoms with Gasteiger partial charge in [-0.3, -0.25) is 14.6 Å². The molecule has 2 aromatic carbocycles. The van der Waals surface area contributed by atoms with E-state index in [2.05, 4.69) is 17.2 Å². The quantitative estimate of drug-likeness (QED) is 0.541. The van der Waals surface area contributed by atoms with Crippen LogP contribution in [0.4, 0.5) is 0 Å². The van der Waals surface area contributed by atoms with Crippen molar-refractivity contribution in [1.29, 1.82) is 0 Å². The number of carbonyl (C=O) groups is 2. The van der Waals surface area contributed by atoms with Crippen LogP contribution in [0.15, 0.2) is 53.5 Å². The van der Waals surface area contributed by atoms with Crippen LogP contribution in [0.1, 0.15) is 42.5 Å². The Morgan fingerprint density at radius 3 is 2.65 bits per heavy atom. The summed E-state index contributed by atoms with van der Waals surface area (Å²) in [7, 11) is 0. The van der Waals surface area contributed by atoms with Crippen LogP contribution in [0, 0.1) is 0 Å². The van der Waals surface area contributed by atoms with E-state index in [1.165, 1.54) is 4.90 Å². The minimum Gasteiger partial charge on any atom is -0.380 e. The fourth-order valence-corrected chi connectivity index (χ4v) is 5.46. The Bertz CT molecular complexity index is 1080. The Hall–Kier alpha value is -2.39.